The first kappa shape index (κ1) is 15.1. The van der Waals surface area contributed by atoms with E-state index in [4.69, 9.17) is 16.4 Å². The highest BCUT2D eigenvalue weighted by molar-refractivity contribution is 5.94. The Hall–Kier alpha value is -2.30. The first-order chi connectivity index (χ1) is 10.2. The number of ether oxygens (including phenoxy) is 1. The lowest BCUT2D eigenvalue weighted by molar-refractivity contribution is 0.0534. The van der Waals surface area contributed by atoms with Crippen LogP contribution < -0.4 is 0 Å². The average molecular weight is 282 g/mol. The van der Waals surface area contributed by atoms with E-state index in [-0.39, 0.29) is 5.91 Å². The molecule has 1 aliphatic rings. The van der Waals surface area contributed by atoms with Crippen LogP contribution in [0.3, 0.4) is 0 Å². The molecule has 1 atom stereocenters. The van der Waals surface area contributed by atoms with Crippen molar-refractivity contribution in [2.75, 3.05) is 26.3 Å². The topological polar surface area (TPSA) is 53.3 Å². The number of benzene rings is 1. The zero-order valence-corrected chi connectivity index (χ0v) is 11.9. The number of terminal acetylenes is 1. The Labute approximate surface area is 125 Å². The molecule has 21 heavy (non-hydrogen) atoms. The van der Waals surface area contributed by atoms with E-state index in [9.17, 15) is 4.79 Å². The van der Waals surface area contributed by atoms with Gasteiger partial charge in [-0.25, -0.2) is 0 Å². The molecule has 4 nitrogen and oxygen atoms in total. The standard InChI is InChI=1S/C17H18N2O2/c1-2-9-21-13-15-6-4-8-19(12-15)17(20)16-7-3-5-14(10-16)11-18/h1,3,5,7,10,15H,4,6,8-9,12-13H2. The van der Waals surface area contributed by atoms with Gasteiger partial charge in [-0.2, -0.15) is 5.26 Å². The number of amides is 1. The zero-order chi connectivity index (χ0) is 15.1. The third kappa shape index (κ3) is 4.08. The molecule has 2 rings (SSSR count). The lowest BCUT2D eigenvalue weighted by atomic mass is 9.98. The van der Waals surface area contributed by atoms with Gasteiger partial charge in [0.05, 0.1) is 18.2 Å². The molecule has 108 valence electrons. The van der Waals surface area contributed by atoms with Crippen molar-refractivity contribution in [1.82, 2.24) is 4.90 Å². The summed E-state index contributed by atoms with van der Waals surface area (Å²) >= 11 is 0. The van der Waals surface area contributed by atoms with Crippen molar-refractivity contribution in [2.24, 2.45) is 5.92 Å². The molecular formula is C17H18N2O2. The molecule has 0 spiro atoms. The summed E-state index contributed by atoms with van der Waals surface area (Å²) in [5.41, 5.74) is 1.08. The average Bonchev–Trinajstić information content (AvgIpc) is 2.55. The van der Waals surface area contributed by atoms with Gasteiger partial charge in [-0.05, 0) is 31.0 Å². The minimum Gasteiger partial charge on any atom is -0.368 e. The summed E-state index contributed by atoms with van der Waals surface area (Å²) in [5.74, 6) is 2.76. The summed E-state index contributed by atoms with van der Waals surface area (Å²) in [7, 11) is 0. The Balaban J connectivity index is 1.98. The summed E-state index contributed by atoms with van der Waals surface area (Å²) in [6, 6.07) is 8.89. The second-order valence-corrected chi connectivity index (χ2v) is 5.17. The fourth-order valence-electron chi connectivity index (χ4n) is 2.57. The van der Waals surface area contributed by atoms with Crippen molar-refractivity contribution >= 4 is 5.91 Å². The van der Waals surface area contributed by atoms with Gasteiger partial charge >= 0.3 is 0 Å². The van der Waals surface area contributed by atoms with Crippen molar-refractivity contribution in [3.05, 3.63) is 35.4 Å². The van der Waals surface area contributed by atoms with E-state index in [1.807, 2.05) is 4.90 Å². The van der Waals surface area contributed by atoms with Gasteiger partial charge in [0.2, 0.25) is 0 Å². The maximum Gasteiger partial charge on any atom is 0.253 e. The van der Waals surface area contributed by atoms with E-state index in [0.29, 0.717) is 36.8 Å². The SMILES string of the molecule is C#CCOCC1CCCN(C(=O)c2cccc(C#N)c2)C1. The highest BCUT2D eigenvalue weighted by Gasteiger charge is 2.24. The number of hydrogen-bond acceptors (Lipinski definition) is 3. The molecule has 4 heteroatoms. The van der Waals surface area contributed by atoms with Gasteiger partial charge < -0.3 is 9.64 Å². The number of carbonyl (C=O) groups excluding carboxylic acids is 1. The fourth-order valence-corrected chi connectivity index (χ4v) is 2.57. The monoisotopic (exact) mass is 282 g/mol. The molecule has 1 aromatic carbocycles. The molecule has 1 amide bonds. The van der Waals surface area contributed by atoms with Gasteiger partial charge in [-0.1, -0.05) is 12.0 Å². The number of piperidine rings is 1. The third-order valence-corrected chi connectivity index (χ3v) is 3.58. The molecule has 1 aliphatic heterocycles. The van der Waals surface area contributed by atoms with Crippen LogP contribution in [-0.4, -0.2) is 37.1 Å². The van der Waals surface area contributed by atoms with Crippen molar-refractivity contribution in [3.8, 4) is 18.4 Å². The summed E-state index contributed by atoms with van der Waals surface area (Å²) in [6.45, 7) is 2.34. The van der Waals surface area contributed by atoms with E-state index >= 15 is 0 Å². The normalized spacial score (nSPS) is 17.8. The molecule has 0 bridgehead atoms. The Morgan fingerprint density at radius 1 is 1.52 bits per heavy atom. The minimum atomic E-state index is -0.0197. The quantitative estimate of drug-likeness (QED) is 0.627. The first-order valence-corrected chi connectivity index (χ1v) is 7.05. The van der Waals surface area contributed by atoms with E-state index in [0.717, 1.165) is 19.4 Å². The minimum absolute atomic E-state index is 0.0197. The van der Waals surface area contributed by atoms with Gasteiger partial charge in [-0.15, -0.1) is 6.42 Å². The van der Waals surface area contributed by atoms with Crippen LogP contribution in [0.4, 0.5) is 0 Å². The van der Waals surface area contributed by atoms with E-state index < -0.39 is 0 Å². The molecule has 1 fully saturated rings. The van der Waals surface area contributed by atoms with Crippen LogP contribution in [0, 0.1) is 29.6 Å². The highest BCUT2D eigenvalue weighted by Crippen LogP contribution is 2.19. The largest absolute Gasteiger partial charge is 0.368 e. The Morgan fingerprint density at radius 3 is 3.14 bits per heavy atom. The highest BCUT2D eigenvalue weighted by atomic mass is 16.5. The summed E-state index contributed by atoms with van der Waals surface area (Å²) in [4.78, 5) is 14.3. The number of rotatable bonds is 4. The lowest BCUT2D eigenvalue weighted by Crippen LogP contribution is -2.41. The van der Waals surface area contributed by atoms with Crippen LogP contribution in [0.5, 0.6) is 0 Å². The molecule has 1 saturated heterocycles. The summed E-state index contributed by atoms with van der Waals surface area (Å²) < 4.78 is 5.38. The second kappa shape index (κ2) is 7.47. The van der Waals surface area contributed by atoms with Gasteiger partial charge in [0, 0.05) is 24.6 Å². The maximum absolute atomic E-state index is 12.5. The number of likely N-dealkylation sites (tertiary alicyclic amines) is 1. The Kier molecular flexibility index (Phi) is 5.37. The molecule has 0 aliphatic carbocycles. The number of nitriles is 1. The predicted molar refractivity (Wildman–Crippen MR) is 79.4 cm³/mol. The predicted octanol–water partition coefficient (Wildman–Crippen LogP) is 2.06. The van der Waals surface area contributed by atoms with E-state index in [1.165, 1.54) is 0 Å². The van der Waals surface area contributed by atoms with Crippen LogP contribution in [0.2, 0.25) is 0 Å². The van der Waals surface area contributed by atoms with E-state index in [2.05, 4.69) is 12.0 Å². The third-order valence-electron chi connectivity index (χ3n) is 3.58. The maximum atomic E-state index is 12.5. The first-order valence-electron chi connectivity index (χ1n) is 7.05. The van der Waals surface area contributed by atoms with Crippen molar-refractivity contribution < 1.29 is 9.53 Å². The van der Waals surface area contributed by atoms with Crippen LogP contribution in [0.25, 0.3) is 0 Å². The van der Waals surface area contributed by atoms with Gasteiger partial charge in [-0.3, -0.25) is 4.79 Å². The molecular weight excluding hydrogens is 264 g/mol. The molecule has 0 radical (unpaired) electrons. The molecule has 1 heterocycles. The van der Waals surface area contributed by atoms with Gasteiger partial charge in [0.1, 0.15) is 6.61 Å². The smallest absolute Gasteiger partial charge is 0.253 e. The van der Waals surface area contributed by atoms with Gasteiger partial charge in [0.15, 0.2) is 0 Å². The fraction of sp³-hybridized carbons (Fsp3) is 0.412. The van der Waals surface area contributed by atoms with Crippen LogP contribution in [-0.2, 0) is 4.74 Å². The van der Waals surface area contributed by atoms with Crippen molar-refractivity contribution in [2.45, 2.75) is 12.8 Å². The molecule has 0 N–H and O–H groups in total. The number of nitrogens with zero attached hydrogens (tertiary/aromatic N) is 2. The Morgan fingerprint density at radius 2 is 2.38 bits per heavy atom. The second-order valence-electron chi connectivity index (χ2n) is 5.17. The van der Waals surface area contributed by atoms with Crippen LogP contribution in [0.15, 0.2) is 24.3 Å². The van der Waals surface area contributed by atoms with E-state index in [1.54, 1.807) is 24.3 Å². The molecule has 1 unspecified atom stereocenters. The molecule has 1 aromatic rings. The van der Waals surface area contributed by atoms with Crippen LogP contribution in [0.1, 0.15) is 28.8 Å². The van der Waals surface area contributed by atoms with Crippen molar-refractivity contribution in [1.29, 1.82) is 5.26 Å². The van der Waals surface area contributed by atoms with Crippen molar-refractivity contribution in [3.63, 3.8) is 0 Å². The van der Waals surface area contributed by atoms with Crippen LogP contribution >= 0.6 is 0 Å². The molecule has 0 saturated carbocycles. The Bertz CT molecular complexity index is 583. The number of hydrogen-bond donors (Lipinski definition) is 0. The summed E-state index contributed by atoms with van der Waals surface area (Å²) in [5, 5.41) is 8.91. The zero-order valence-electron chi connectivity index (χ0n) is 11.9. The number of carbonyl (C=O) groups is 1. The summed E-state index contributed by atoms with van der Waals surface area (Å²) in [6.07, 6.45) is 7.17. The van der Waals surface area contributed by atoms with Gasteiger partial charge in [0.25, 0.3) is 5.91 Å². The molecule has 0 aromatic heterocycles. The lowest BCUT2D eigenvalue weighted by Gasteiger charge is -2.32.